The number of aromatic nitrogens is 3. The summed E-state index contributed by atoms with van der Waals surface area (Å²) in [4.78, 5) is 12.1. The van der Waals surface area contributed by atoms with Crippen LogP contribution in [-0.4, -0.2) is 20.1 Å². The summed E-state index contributed by atoms with van der Waals surface area (Å²) in [6.07, 6.45) is 4.69. The Morgan fingerprint density at radius 3 is 2.65 bits per heavy atom. The van der Waals surface area contributed by atoms with Crippen molar-refractivity contribution in [3.8, 4) is 0 Å². The van der Waals surface area contributed by atoms with Crippen molar-refractivity contribution in [3.05, 3.63) is 47.7 Å². The predicted octanol–water partition coefficient (Wildman–Crippen LogP) is 1.04. The lowest BCUT2D eigenvalue weighted by molar-refractivity contribution is 0.168. The number of hydrogen-bond donors (Lipinski definition) is 2. The number of aliphatic hydroxyl groups is 1. The Labute approximate surface area is 99.4 Å². The van der Waals surface area contributed by atoms with Crippen molar-refractivity contribution in [1.29, 1.82) is 0 Å². The number of pyridine rings is 1. The molecule has 0 amide bonds. The van der Waals surface area contributed by atoms with Crippen LogP contribution in [0.2, 0.25) is 0 Å². The van der Waals surface area contributed by atoms with Crippen LogP contribution in [0.3, 0.4) is 0 Å². The number of aryl methyl sites for hydroxylation is 1. The molecule has 1 unspecified atom stereocenters. The summed E-state index contributed by atoms with van der Waals surface area (Å²) in [5.41, 5.74) is 7.45. The van der Waals surface area contributed by atoms with E-state index in [1.165, 1.54) is 0 Å². The van der Waals surface area contributed by atoms with E-state index in [1.54, 1.807) is 24.7 Å². The first kappa shape index (κ1) is 11.5. The van der Waals surface area contributed by atoms with Gasteiger partial charge in [0.25, 0.3) is 0 Å². The number of anilines is 1. The summed E-state index contributed by atoms with van der Waals surface area (Å²) < 4.78 is 0. The SMILES string of the molecule is Cc1cnc(C(O)Cc2ccnc(N)c2)nc1. The molecule has 0 saturated carbocycles. The summed E-state index contributed by atoms with van der Waals surface area (Å²) in [5.74, 6) is 0.866. The maximum absolute atomic E-state index is 9.97. The normalized spacial score (nSPS) is 12.4. The van der Waals surface area contributed by atoms with E-state index >= 15 is 0 Å². The average molecular weight is 230 g/mol. The summed E-state index contributed by atoms with van der Waals surface area (Å²) in [7, 11) is 0. The lowest BCUT2D eigenvalue weighted by atomic mass is 10.1. The number of nitrogens with two attached hydrogens (primary N) is 1. The zero-order valence-corrected chi connectivity index (χ0v) is 9.54. The van der Waals surface area contributed by atoms with Crippen molar-refractivity contribution in [1.82, 2.24) is 15.0 Å². The molecule has 0 radical (unpaired) electrons. The molecule has 0 aliphatic rings. The van der Waals surface area contributed by atoms with Crippen molar-refractivity contribution in [2.24, 2.45) is 0 Å². The van der Waals surface area contributed by atoms with Gasteiger partial charge < -0.3 is 10.8 Å². The Morgan fingerprint density at radius 1 is 1.29 bits per heavy atom. The second-order valence-electron chi connectivity index (χ2n) is 3.93. The zero-order chi connectivity index (χ0) is 12.3. The summed E-state index contributed by atoms with van der Waals surface area (Å²) in [5, 5.41) is 9.97. The minimum Gasteiger partial charge on any atom is -0.385 e. The molecule has 0 saturated heterocycles. The van der Waals surface area contributed by atoms with Crippen molar-refractivity contribution < 1.29 is 5.11 Å². The molecule has 1 atom stereocenters. The predicted molar refractivity (Wildman–Crippen MR) is 64.1 cm³/mol. The summed E-state index contributed by atoms with van der Waals surface area (Å²) in [6.45, 7) is 1.90. The molecule has 0 aliphatic heterocycles. The van der Waals surface area contributed by atoms with Crippen LogP contribution in [0.5, 0.6) is 0 Å². The Bertz CT molecular complexity index is 498. The van der Waals surface area contributed by atoms with Crippen molar-refractivity contribution >= 4 is 5.82 Å². The molecule has 2 aromatic heterocycles. The molecule has 0 bridgehead atoms. The van der Waals surface area contributed by atoms with E-state index in [-0.39, 0.29) is 0 Å². The van der Waals surface area contributed by atoms with E-state index < -0.39 is 6.10 Å². The van der Waals surface area contributed by atoms with Gasteiger partial charge in [-0.05, 0) is 30.2 Å². The lowest BCUT2D eigenvalue weighted by Crippen LogP contribution is -2.07. The molecule has 0 aliphatic carbocycles. The van der Waals surface area contributed by atoms with Crippen LogP contribution in [0.4, 0.5) is 5.82 Å². The molecule has 2 aromatic rings. The van der Waals surface area contributed by atoms with Crippen LogP contribution < -0.4 is 5.73 Å². The fourth-order valence-corrected chi connectivity index (χ4v) is 1.51. The monoisotopic (exact) mass is 230 g/mol. The van der Waals surface area contributed by atoms with Gasteiger partial charge in [0.2, 0.25) is 0 Å². The minimum absolute atomic E-state index is 0.422. The minimum atomic E-state index is -0.725. The fourth-order valence-electron chi connectivity index (χ4n) is 1.51. The van der Waals surface area contributed by atoms with Crippen LogP contribution in [0.15, 0.2) is 30.7 Å². The van der Waals surface area contributed by atoms with Crippen LogP contribution in [-0.2, 0) is 6.42 Å². The number of nitrogens with zero attached hydrogens (tertiary/aromatic N) is 3. The molecule has 0 spiro atoms. The number of nitrogen functional groups attached to an aromatic ring is 1. The van der Waals surface area contributed by atoms with Gasteiger partial charge in [0.05, 0.1) is 0 Å². The lowest BCUT2D eigenvalue weighted by Gasteiger charge is -2.09. The van der Waals surface area contributed by atoms with Gasteiger partial charge in [-0.15, -0.1) is 0 Å². The summed E-state index contributed by atoms with van der Waals surface area (Å²) >= 11 is 0. The van der Waals surface area contributed by atoms with E-state index in [0.29, 0.717) is 18.1 Å². The van der Waals surface area contributed by atoms with Gasteiger partial charge in [0.1, 0.15) is 11.9 Å². The first-order valence-corrected chi connectivity index (χ1v) is 5.32. The third kappa shape index (κ3) is 2.98. The Morgan fingerprint density at radius 2 is 2.00 bits per heavy atom. The molecule has 5 nitrogen and oxygen atoms in total. The van der Waals surface area contributed by atoms with Crippen molar-refractivity contribution in [2.75, 3.05) is 5.73 Å². The molecule has 5 heteroatoms. The van der Waals surface area contributed by atoms with Gasteiger partial charge in [-0.3, -0.25) is 0 Å². The largest absolute Gasteiger partial charge is 0.385 e. The molecule has 2 rings (SSSR count). The molecule has 0 fully saturated rings. The number of rotatable bonds is 3. The highest BCUT2D eigenvalue weighted by molar-refractivity contribution is 5.32. The van der Waals surface area contributed by atoms with E-state index in [4.69, 9.17) is 5.73 Å². The molecular weight excluding hydrogens is 216 g/mol. The van der Waals surface area contributed by atoms with Gasteiger partial charge in [-0.1, -0.05) is 0 Å². The van der Waals surface area contributed by atoms with Crippen LogP contribution >= 0.6 is 0 Å². The fraction of sp³-hybridized carbons (Fsp3) is 0.250. The van der Waals surface area contributed by atoms with Gasteiger partial charge in [-0.25, -0.2) is 15.0 Å². The Hall–Kier alpha value is -2.01. The standard InChI is InChI=1S/C12H14N4O/c1-8-6-15-12(16-7-8)10(17)4-9-2-3-14-11(13)5-9/h2-3,5-7,10,17H,4H2,1H3,(H2,13,14). The van der Waals surface area contributed by atoms with E-state index in [2.05, 4.69) is 15.0 Å². The first-order valence-electron chi connectivity index (χ1n) is 5.32. The van der Waals surface area contributed by atoms with E-state index in [1.807, 2.05) is 13.0 Å². The average Bonchev–Trinajstić information content (AvgIpc) is 2.29. The van der Waals surface area contributed by atoms with Crippen LogP contribution in [0, 0.1) is 6.92 Å². The number of aliphatic hydroxyl groups excluding tert-OH is 1. The van der Waals surface area contributed by atoms with E-state index in [9.17, 15) is 5.11 Å². The summed E-state index contributed by atoms with van der Waals surface area (Å²) in [6, 6.07) is 3.55. The molecule has 88 valence electrons. The third-order valence-electron chi connectivity index (χ3n) is 2.37. The number of hydrogen-bond acceptors (Lipinski definition) is 5. The van der Waals surface area contributed by atoms with Gasteiger partial charge in [-0.2, -0.15) is 0 Å². The second kappa shape index (κ2) is 4.88. The molecule has 2 heterocycles. The maximum Gasteiger partial charge on any atom is 0.157 e. The smallest absolute Gasteiger partial charge is 0.157 e. The second-order valence-corrected chi connectivity index (χ2v) is 3.93. The Kier molecular flexibility index (Phi) is 3.30. The molecule has 3 N–H and O–H groups in total. The van der Waals surface area contributed by atoms with Crippen molar-refractivity contribution in [2.45, 2.75) is 19.4 Å². The topological polar surface area (TPSA) is 84.9 Å². The van der Waals surface area contributed by atoms with Crippen molar-refractivity contribution in [3.63, 3.8) is 0 Å². The molecule has 0 aromatic carbocycles. The van der Waals surface area contributed by atoms with Gasteiger partial charge in [0.15, 0.2) is 5.82 Å². The highest BCUT2D eigenvalue weighted by Gasteiger charge is 2.11. The molecular formula is C12H14N4O. The van der Waals surface area contributed by atoms with Gasteiger partial charge >= 0.3 is 0 Å². The van der Waals surface area contributed by atoms with Crippen LogP contribution in [0.1, 0.15) is 23.1 Å². The highest BCUT2D eigenvalue weighted by Crippen LogP contribution is 2.15. The maximum atomic E-state index is 9.97. The van der Waals surface area contributed by atoms with Crippen LogP contribution in [0.25, 0.3) is 0 Å². The van der Waals surface area contributed by atoms with E-state index in [0.717, 1.165) is 11.1 Å². The Balaban J connectivity index is 2.11. The highest BCUT2D eigenvalue weighted by atomic mass is 16.3. The quantitative estimate of drug-likeness (QED) is 0.822. The third-order valence-corrected chi connectivity index (χ3v) is 2.37. The van der Waals surface area contributed by atoms with Gasteiger partial charge in [0, 0.05) is 25.0 Å². The molecule has 17 heavy (non-hydrogen) atoms. The zero-order valence-electron chi connectivity index (χ0n) is 9.54. The first-order chi connectivity index (χ1) is 8.15.